The third kappa shape index (κ3) is 2.93. The monoisotopic (exact) mass is 314 g/mol. The van der Waals surface area contributed by atoms with Crippen LogP contribution in [0.5, 0.6) is 5.75 Å². The summed E-state index contributed by atoms with van der Waals surface area (Å²) >= 11 is 0. The Morgan fingerprint density at radius 1 is 1.26 bits per heavy atom. The fraction of sp³-hybridized carbons (Fsp3) is 0.471. The Kier molecular flexibility index (Phi) is 4.32. The largest absolute Gasteiger partial charge is 0.497 e. The molecule has 3 rings (SSSR count). The highest BCUT2D eigenvalue weighted by Gasteiger charge is 2.32. The van der Waals surface area contributed by atoms with Crippen molar-refractivity contribution in [1.82, 2.24) is 19.7 Å². The number of amides is 1. The SMILES string of the molecule is CCCN1Cc2nnc(Cc3ccc(OC)cc3)n2[C@@H](C)C1=O. The van der Waals surface area contributed by atoms with Crippen molar-refractivity contribution in [2.45, 2.75) is 39.3 Å². The maximum atomic E-state index is 12.5. The van der Waals surface area contributed by atoms with Crippen molar-refractivity contribution in [2.75, 3.05) is 13.7 Å². The first-order valence-corrected chi connectivity index (χ1v) is 7.98. The van der Waals surface area contributed by atoms with Crippen LogP contribution in [-0.4, -0.2) is 39.2 Å². The second kappa shape index (κ2) is 6.40. The van der Waals surface area contributed by atoms with Gasteiger partial charge in [0.2, 0.25) is 5.91 Å². The Morgan fingerprint density at radius 3 is 2.65 bits per heavy atom. The minimum absolute atomic E-state index is 0.148. The molecule has 0 spiro atoms. The Bertz CT molecular complexity index is 693. The maximum absolute atomic E-state index is 12.5. The molecule has 1 aromatic heterocycles. The Hall–Kier alpha value is -2.37. The summed E-state index contributed by atoms with van der Waals surface area (Å²) in [6.45, 7) is 5.32. The minimum atomic E-state index is -0.242. The van der Waals surface area contributed by atoms with Crippen molar-refractivity contribution in [3.63, 3.8) is 0 Å². The fourth-order valence-electron chi connectivity index (χ4n) is 3.04. The number of carbonyl (C=O) groups is 1. The van der Waals surface area contributed by atoms with E-state index in [-0.39, 0.29) is 11.9 Å². The van der Waals surface area contributed by atoms with E-state index in [0.29, 0.717) is 13.0 Å². The van der Waals surface area contributed by atoms with Crippen molar-refractivity contribution < 1.29 is 9.53 Å². The summed E-state index contributed by atoms with van der Waals surface area (Å²) in [5, 5.41) is 8.62. The zero-order valence-electron chi connectivity index (χ0n) is 13.8. The zero-order chi connectivity index (χ0) is 16.4. The molecule has 6 heteroatoms. The molecular weight excluding hydrogens is 292 g/mol. The first-order chi connectivity index (χ1) is 11.1. The predicted octanol–water partition coefficient (Wildman–Crippen LogP) is 2.19. The molecule has 2 heterocycles. The van der Waals surface area contributed by atoms with E-state index in [2.05, 4.69) is 17.1 Å². The van der Waals surface area contributed by atoms with Crippen LogP contribution in [-0.2, 0) is 17.8 Å². The highest BCUT2D eigenvalue weighted by Crippen LogP contribution is 2.24. The Balaban J connectivity index is 1.84. The third-order valence-corrected chi connectivity index (χ3v) is 4.24. The second-order valence-electron chi connectivity index (χ2n) is 5.86. The molecule has 0 radical (unpaired) electrons. The normalized spacial score (nSPS) is 17.3. The van der Waals surface area contributed by atoms with E-state index in [9.17, 15) is 4.79 Å². The lowest BCUT2D eigenvalue weighted by Crippen LogP contribution is -2.42. The quantitative estimate of drug-likeness (QED) is 0.849. The van der Waals surface area contributed by atoms with Gasteiger partial charge in [-0.3, -0.25) is 4.79 Å². The van der Waals surface area contributed by atoms with Gasteiger partial charge in [0.25, 0.3) is 0 Å². The van der Waals surface area contributed by atoms with Gasteiger partial charge in [0.1, 0.15) is 17.6 Å². The average molecular weight is 314 g/mol. The number of methoxy groups -OCH3 is 1. The van der Waals surface area contributed by atoms with E-state index < -0.39 is 0 Å². The molecule has 0 aliphatic carbocycles. The number of fused-ring (bicyclic) bond motifs is 1. The molecule has 0 fully saturated rings. The van der Waals surface area contributed by atoms with Crippen molar-refractivity contribution in [1.29, 1.82) is 0 Å². The van der Waals surface area contributed by atoms with Crippen LogP contribution in [0.3, 0.4) is 0 Å². The maximum Gasteiger partial charge on any atom is 0.245 e. The van der Waals surface area contributed by atoms with Gasteiger partial charge in [-0.2, -0.15) is 0 Å². The van der Waals surface area contributed by atoms with Crippen LogP contribution in [0, 0.1) is 0 Å². The van der Waals surface area contributed by atoms with Gasteiger partial charge in [-0.05, 0) is 31.0 Å². The highest BCUT2D eigenvalue weighted by molar-refractivity contribution is 5.81. The predicted molar refractivity (Wildman–Crippen MR) is 86.2 cm³/mol. The molecule has 1 amide bonds. The summed E-state index contributed by atoms with van der Waals surface area (Å²) < 4.78 is 7.16. The van der Waals surface area contributed by atoms with Crippen LogP contribution < -0.4 is 4.74 Å². The molecule has 0 saturated heterocycles. The molecular formula is C17H22N4O2. The van der Waals surface area contributed by atoms with Gasteiger partial charge in [0.15, 0.2) is 5.82 Å². The number of rotatable bonds is 5. The number of benzene rings is 1. The molecule has 1 aromatic carbocycles. The van der Waals surface area contributed by atoms with Crippen molar-refractivity contribution in [2.24, 2.45) is 0 Å². The molecule has 23 heavy (non-hydrogen) atoms. The fourth-order valence-corrected chi connectivity index (χ4v) is 3.04. The van der Waals surface area contributed by atoms with Crippen LogP contribution in [0.25, 0.3) is 0 Å². The molecule has 6 nitrogen and oxygen atoms in total. The standard InChI is InChI=1S/C17H22N4O2/c1-4-9-20-11-16-19-18-15(21(16)12(2)17(20)22)10-13-5-7-14(23-3)8-6-13/h5-8,12H,4,9-11H2,1-3H3/t12-/m0/s1. The number of carbonyl (C=O) groups excluding carboxylic acids is 1. The van der Waals surface area contributed by atoms with Gasteiger partial charge in [-0.1, -0.05) is 19.1 Å². The molecule has 1 aliphatic rings. The first-order valence-electron chi connectivity index (χ1n) is 7.98. The first kappa shape index (κ1) is 15.5. The van der Waals surface area contributed by atoms with Crippen LogP contribution in [0.15, 0.2) is 24.3 Å². The second-order valence-corrected chi connectivity index (χ2v) is 5.86. The summed E-state index contributed by atoms with van der Waals surface area (Å²) in [6, 6.07) is 7.65. The molecule has 1 aliphatic heterocycles. The lowest BCUT2D eigenvalue weighted by atomic mass is 10.1. The molecule has 1 atom stereocenters. The van der Waals surface area contributed by atoms with E-state index in [1.807, 2.05) is 40.7 Å². The Morgan fingerprint density at radius 2 is 2.00 bits per heavy atom. The summed E-state index contributed by atoms with van der Waals surface area (Å²) in [5.41, 5.74) is 1.12. The minimum Gasteiger partial charge on any atom is -0.497 e. The summed E-state index contributed by atoms with van der Waals surface area (Å²) in [4.78, 5) is 14.4. The zero-order valence-corrected chi connectivity index (χ0v) is 13.8. The Labute approximate surface area is 136 Å². The van der Waals surface area contributed by atoms with Gasteiger partial charge in [0, 0.05) is 13.0 Å². The molecule has 2 aromatic rings. The van der Waals surface area contributed by atoms with Gasteiger partial charge in [-0.25, -0.2) is 0 Å². The molecule has 0 saturated carbocycles. The summed E-state index contributed by atoms with van der Waals surface area (Å²) in [5.74, 6) is 2.68. The van der Waals surface area contributed by atoms with Gasteiger partial charge >= 0.3 is 0 Å². The van der Waals surface area contributed by atoms with E-state index in [4.69, 9.17) is 4.74 Å². The van der Waals surface area contributed by atoms with Crippen LogP contribution in [0.1, 0.15) is 43.5 Å². The van der Waals surface area contributed by atoms with Crippen LogP contribution >= 0.6 is 0 Å². The lowest BCUT2D eigenvalue weighted by molar-refractivity contribution is -0.137. The van der Waals surface area contributed by atoms with Gasteiger partial charge in [0.05, 0.1) is 13.7 Å². The van der Waals surface area contributed by atoms with E-state index >= 15 is 0 Å². The highest BCUT2D eigenvalue weighted by atomic mass is 16.5. The van der Waals surface area contributed by atoms with Gasteiger partial charge in [-0.15, -0.1) is 10.2 Å². The third-order valence-electron chi connectivity index (χ3n) is 4.24. The number of aromatic nitrogens is 3. The van der Waals surface area contributed by atoms with E-state index in [1.54, 1.807) is 7.11 Å². The number of ether oxygens (including phenoxy) is 1. The lowest BCUT2D eigenvalue weighted by Gasteiger charge is -2.31. The summed E-state index contributed by atoms with van der Waals surface area (Å²) in [7, 11) is 1.65. The smallest absolute Gasteiger partial charge is 0.245 e. The van der Waals surface area contributed by atoms with Crippen LogP contribution in [0.2, 0.25) is 0 Å². The molecule has 0 bridgehead atoms. The van der Waals surface area contributed by atoms with Crippen molar-refractivity contribution >= 4 is 5.91 Å². The summed E-state index contributed by atoms with van der Waals surface area (Å²) in [6.07, 6.45) is 1.60. The van der Waals surface area contributed by atoms with E-state index in [1.165, 1.54) is 0 Å². The van der Waals surface area contributed by atoms with Gasteiger partial charge < -0.3 is 14.2 Å². The van der Waals surface area contributed by atoms with Crippen molar-refractivity contribution in [3.8, 4) is 5.75 Å². The molecule has 0 N–H and O–H groups in total. The number of nitrogens with zero attached hydrogens (tertiary/aromatic N) is 4. The van der Waals surface area contributed by atoms with Crippen LogP contribution in [0.4, 0.5) is 0 Å². The molecule has 122 valence electrons. The van der Waals surface area contributed by atoms with Crippen molar-refractivity contribution in [3.05, 3.63) is 41.5 Å². The molecule has 0 unspecified atom stereocenters. The number of hydrogen-bond acceptors (Lipinski definition) is 4. The van der Waals surface area contributed by atoms with E-state index in [0.717, 1.165) is 35.9 Å². The number of hydrogen-bond donors (Lipinski definition) is 0. The average Bonchev–Trinajstić information content (AvgIpc) is 2.96. The topological polar surface area (TPSA) is 60.2 Å².